The molecule has 6 aromatic rings. The van der Waals surface area contributed by atoms with E-state index in [4.69, 9.17) is 5.73 Å². The number of thiophene rings is 2. The van der Waals surface area contributed by atoms with Crippen molar-refractivity contribution in [3.05, 3.63) is 117 Å². The lowest BCUT2D eigenvalue weighted by molar-refractivity contribution is -0.380. The van der Waals surface area contributed by atoms with E-state index in [0.29, 0.717) is 10.0 Å². The van der Waals surface area contributed by atoms with Crippen LogP contribution in [0.3, 0.4) is 0 Å². The lowest BCUT2D eigenvalue weighted by Crippen LogP contribution is -2.06. The van der Waals surface area contributed by atoms with E-state index in [1.807, 2.05) is 41.3 Å². The Morgan fingerprint density at radius 3 is 1.71 bits per heavy atom. The minimum atomic E-state index is -0.437. The van der Waals surface area contributed by atoms with E-state index in [0.717, 1.165) is 66.7 Å². The van der Waals surface area contributed by atoms with Gasteiger partial charge in [0.25, 0.3) is 0 Å². The number of nitro groups is 2. The first-order chi connectivity index (χ1) is 18.4. The molecule has 10 heteroatoms. The molecule has 0 bridgehead atoms. The van der Waals surface area contributed by atoms with Crippen molar-refractivity contribution in [2.24, 2.45) is 0 Å². The Balaban J connectivity index is 1.46. The third-order valence-electron chi connectivity index (χ3n) is 6.24. The summed E-state index contributed by atoms with van der Waals surface area (Å²) < 4.78 is 0. The predicted octanol–water partition coefficient (Wildman–Crippen LogP) is 8.65. The van der Waals surface area contributed by atoms with Gasteiger partial charge in [0.1, 0.15) is 10.0 Å². The third kappa shape index (κ3) is 4.32. The summed E-state index contributed by atoms with van der Waals surface area (Å²) in [4.78, 5) is 23.7. The van der Waals surface area contributed by atoms with Crippen molar-refractivity contribution in [2.45, 2.75) is 0 Å². The standard InChI is InChI=1S/C28H18N4O4S2/c29-23-7-5-20-13-18(3-4-21(20)15-23)19-2-1-17-6-8-24(16-22(17)14-19)30(25-9-11-27(37-25)31(33)34)26-10-12-28(38-26)32(35)36/h1-16H,29H2. The molecule has 0 spiro atoms. The van der Waals surface area contributed by atoms with Crippen molar-refractivity contribution in [3.63, 3.8) is 0 Å². The number of fused-ring (bicyclic) bond motifs is 2. The maximum atomic E-state index is 11.4. The van der Waals surface area contributed by atoms with Crippen LogP contribution in [-0.2, 0) is 0 Å². The molecule has 0 aliphatic carbocycles. The van der Waals surface area contributed by atoms with Gasteiger partial charge in [-0.25, -0.2) is 0 Å². The molecule has 2 aromatic heterocycles. The van der Waals surface area contributed by atoms with Gasteiger partial charge < -0.3 is 5.73 Å². The van der Waals surface area contributed by atoms with Crippen molar-refractivity contribution in [2.75, 3.05) is 10.6 Å². The molecule has 2 heterocycles. The van der Waals surface area contributed by atoms with Gasteiger partial charge in [0.15, 0.2) is 0 Å². The summed E-state index contributed by atoms with van der Waals surface area (Å²) in [6.07, 6.45) is 0. The summed E-state index contributed by atoms with van der Waals surface area (Å²) in [5, 5.41) is 28.1. The summed E-state index contributed by atoms with van der Waals surface area (Å²) in [6.45, 7) is 0. The SMILES string of the molecule is Nc1ccc2cc(-c3ccc4ccc(N(c5ccc([N+](=O)[O-])s5)c5ccc([N+](=O)[O-])s5)cc4c3)ccc2c1. The summed E-state index contributed by atoms with van der Waals surface area (Å²) in [7, 11) is 0. The zero-order valence-electron chi connectivity index (χ0n) is 19.6. The van der Waals surface area contributed by atoms with E-state index in [-0.39, 0.29) is 10.0 Å². The molecule has 4 aromatic carbocycles. The smallest absolute Gasteiger partial charge is 0.326 e. The molecule has 6 rings (SSSR count). The Morgan fingerprint density at radius 1 is 0.579 bits per heavy atom. The van der Waals surface area contributed by atoms with Gasteiger partial charge >= 0.3 is 10.0 Å². The highest BCUT2D eigenvalue weighted by Gasteiger charge is 2.22. The maximum absolute atomic E-state index is 11.4. The Kier molecular flexibility index (Phi) is 5.74. The second-order valence-electron chi connectivity index (χ2n) is 8.64. The highest BCUT2D eigenvalue weighted by molar-refractivity contribution is 7.21. The Bertz CT molecular complexity index is 1830. The van der Waals surface area contributed by atoms with Crippen molar-refractivity contribution in [1.82, 2.24) is 0 Å². The van der Waals surface area contributed by atoms with Crippen LogP contribution >= 0.6 is 22.7 Å². The molecule has 0 fully saturated rings. The molecule has 0 unspecified atom stereocenters. The van der Waals surface area contributed by atoms with E-state index in [1.165, 1.54) is 12.1 Å². The second-order valence-corrected chi connectivity index (χ2v) is 10.7. The van der Waals surface area contributed by atoms with Crippen molar-refractivity contribution >= 4 is 75.6 Å². The van der Waals surface area contributed by atoms with Crippen molar-refractivity contribution < 1.29 is 9.85 Å². The molecular weight excluding hydrogens is 520 g/mol. The number of nitrogens with zero attached hydrogens (tertiary/aromatic N) is 3. The van der Waals surface area contributed by atoms with Gasteiger partial charge in [-0.05, 0) is 104 Å². The Morgan fingerprint density at radius 2 is 1.11 bits per heavy atom. The first kappa shape index (κ1) is 23.6. The molecular formula is C28H18N4O4S2. The average Bonchev–Trinajstić information content (AvgIpc) is 3.59. The van der Waals surface area contributed by atoms with Crippen molar-refractivity contribution in [1.29, 1.82) is 0 Å². The quantitative estimate of drug-likeness (QED) is 0.129. The van der Waals surface area contributed by atoms with Crippen LogP contribution in [0.2, 0.25) is 0 Å². The van der Waals surface area contributed by atoms with Gasteiger partial charge in [-0.15, -0.1) is 0 Å². The van der Waals surface area contributed by atoms with Gasteiger partial charge in [0, 0.05) is 23.5 Å². The van der Waals surface area contributed by atoms with Gasteiger partial charge in [-0.1, -0.05) is 36.4 Å². The summed E-state index contributed by atoms with van der Waals surface area (Å²) in [5.74, 6) is 0. The highest BCUT2D eigenvalue weighted by atomic mass is 32.1. The largest absolute Gasteiger partial charge is 0.399 e. The molecule has 2 N–H and O–H groups in total. The molecule has 8 nitrogen and oxygen atoms in total. The Hall–Kier alpha value is -4.80. The zero-order valence-corrected chi connectivity index (χ0v) is 21.2. The van der Waals surface area contributed by atoms with E-state index < -0.39 is 9.85 Å². The number of benzene rings is 4. The second kappa shape index (κ2) is 9.25. The monoisotopic (exact) mass is 538 g/mol. The number of nitrogen functional groups attached to an aromatic ring is 1. The maximum Gasteiger partial charge on any atom is 0.326 e. The zero-order chi connectivity index (χ0) is 26.4. The van der Waals surface area contributed by atoms with Crippen LogP contribution in [0.5, 0.6) is 0 Å². The van der Waals surface area contributed by atoms with E-state index in [2.05, 4.69) is 36.4 Å². The number of hydrogen-bond acceptors (Lipinski definition) is 8. The normalized spacial score (nSPS) is 11.2. The minimum absolute atomic E-state index is 0.00260. The van der Waals surface area contributed by atoms with Gasteiger partial charge in [-0.2, -0.15) is 0 Å². The van der Waals surface area contributed by atoms with E-state index >= 15 is 0 Å². The van der Waals surface area contributed by atoms with Crippen LogP contribution in [-0.4, -0.2) is 9.85 Å². The fourth-order valence-corrected chi connectivity index (χ4v) is 6.20. The van der Waals surface area contributed by atoms with Crippen LogP contribution in [0.4, 0.5) is 31.4 Å². The summed E-state index contributed by atoms with van der Waals surface area (Å²) in [5.41, 5.74) is 9.49. The number of rotatable bonds is 6. The van der Waals surface area contributed by atoms with Crippen LogP contribution in [0.1, 0.15) is 0 Å². The van der Waals surface area contributed by atoms with Gasteiger partial charge in [0.2, 0.25) is 0 Å². The predicted molar refractivity (Wildman–Crippen MR) is 155 cm³/mol. The first-order valence-electron chi connectivity index (χ1n) is 11.5. The molecule has 0 aliphatic heterocycles. The number of hydrogen-bond donors (Lipinski definition) is 1. The topological polar surface area (TPSA) is 116 Å². The first-order valence-corrected chi connectivity index (χ1v) is 13.1. The van der Waals surface area contributed by atoms with E-state index in [1.54, 1.807) is 12.1 Å². The molecule has 0 atom stereocenters. The van der Waals surface area contributed by atoms with Crippen molar-refractivity contribution in [3.8, 4) is 11.1 Å². The van der Waals surface area contributed by atoms with Crippen LogP contribution < -0.4 is 10.6 Å². The van der Waals surface area contributed by atoms with Crippen LogP contribution in [0, 0.1) is 20.2 Å². The third-order valence-corrected chi connectivity index (χ3v) is 8.28. The van der Waals surface area contributed by atoms with Crippen LogP contribution in [0.25, 0.3) is 32.7 Å². The summed E-state index contributed by atoms with van der Waals surface area (Å²) in [6, 6.07) is 30.4. The highest BCUT2D eigenvalue weighted by Crippen LogP contribution is 2.45. The van der Waals surface area contributed by atoms with Gasteiger partial charge in [0.05, 0.1) is 9.85 Å². The molecule has 186 valence electrons. The molecule has 0 radical (unpaired) electrons. The molecule has 0 aliphatic rings. The lowest BCUT2D eigenvalue weighted by Gasteiger charge is -2.21. The fourth-order valence-electron chi connectivity index (χ4n) is 4.43. The van der Waals surface area contributed by atoms with Crippen LogP contribution in [0.15, 0.2) is 97.1 Å². The number of nitrogens with two attached hydrogens (primary N) is 1. The molecule has 0 saturated carbocycles. The Labute approximate surface area is 224 Å². The number of anilines is 4. The lowest BCUT2D eigenvalue weighted by atomic mass is 9.98. The molecule has 0 amide bonds. The van der Waals surface area contributed by atoms with E-state index in [9.17, 15) is 20.2 Å². The van der Waals surface area contributed by atoms with Gasteiger partial charge in [-0.3, -0.25) is 25.1 Å². The molecule has 0 saturated heterocycles. The minimum Gasteiger partial charge on any atom is -0.399 e. The summed E-state index contributed by atoms with van der Waals surface area (Å²) >= 11 is 2.04. The average molecular weight is 539 g/mol. The fraction of sp³-hybridized carbons (Fsp3) is 0. The molecule has 38 heavy (non-hydrogen) atoms.